The molecule has 1 heterocycles. The SMILES string of the molecule is C#CCCCC(=O)C1COCC1NCCC. The maximum absolute atomic E-state index is 11.9. The number of ketones is 1. The normalized spacial score (nSPS) is 24.2. The van der Waals surface area contributed by atoms with Crippen LogP contribution in [0.4, 0.5) is 0 Å². The average Bonchev–Trinajstić information content (AvgIpc) is 2.74. The number of carbonyl (C=O) groups excluding carboxylic acids is 1. The molecule has 1 aliphatic heterocycles. The molecule has 1 aliphatic rings. The van der Waals surface area contributed by atoms with Crippen molar-refractivity contribution >= 4 is 5.78 Å². The number of hydrogen-bond acceptors (Lipinski definition) is 3. The summed E-state index contributed by atoms with van der Waals surface area (Å²) in [5.41, 5.74) is 0. The lowest BCUT2D eigenvalue weighted by molar-refractivity contribution is -0.123. The molecule has 0 amide bonds. The van der Waals surface area contributed by atoms with Gasteiger partial charge in [-0.25, -0.2) is 0 Å². The number of rotatable bonds is 7. The Morgan fingerprint density at radius 3 is 3.06 bits per heavy atom. The van der Waals surface area contributed by atoms with E-state index in [-0.39, 0.29) is 12.0 Å². The first kappa shape index (κ1) is 13.2. The van der Waals surface area contributed by atoms with Crippen molar-refractivity contribution in [2.75, 3.05) is 19.8 Å². The van der Waals surface area contributed by atoms with Gasteiger partial charge in [0, 0.05) is 18.9 Å². The van der Waals surface area contributed by atoms with Crippen LogP contribution in [-0.4, -0.2) is 31.6 Å². The number of Topliss-reactive ketones (excluding diaryl/α,β-unsaturated/α-hetero) is 1. The van der Waals surface area contributed by atoms with Crippen molar-refractivity contribution in [1.29, 1.82) is 0 Å². The molecule has 1 N–H and O–H groups in total. The zero-order valence-corrected chi connectivity index (χ0v) is 10.00. The summed E-state index contributed by atoms with van der Waals surface area (Å²) in [6.45, 7) is 4.29. The van der Waals surface area contributed by atoms with E-state index in [1.165, 1.54) is 0 Å². The molecular formula is C13H21NO2. The van der Waals surface area contributed by atoms with Crippen LogP contribution in [0.2, 0.25) is 0 Å². The highest BCUT2D eigenvalue weighted by molar-refractivity contribution is 5.82. The summed E-state index contributed by atoms with van der Waals surface area (Å²) in [7, 11) is 0. The highest BCUT2D eigenvalue weighted by Crippen LogP contribution is 2.17. The fourth-order valence-electron chi connectivity index (χ4n) is 1.95. The van der Waals surface area contributed by atoms with Crippen LogP contribution in [0.15, 0.2) is 0 Å². The van der Waals surface area contributed by atoms with E-state index in [1.807, 2.05) is 0 Å². The second kappa shape index (κ2) is 7.43. The fourth-order valence-corrected chi connectivity index (χ4v) is 1.95. The summed E-state index contributed by atoms with van der Waals surface area (Å²) in [4.78, 5) is 11.9. The van der Waals surface area contributed by atoms with Gasteiger partial charge in [0.2, 0.25) is 0 Å². The summed E-state index contributed by atoms with van der Waals surface area (Å²) < 4.78 is 5.37. The Hall–Kier alpha value is -0.850. The van der Waals surface area contributed by atoms with Crippen LogP contribution < -0.4 is 5.32 Å². The molecule has 0 aromatic carbocycles. The molecule has 1 rings (SSSR count). The minimum atomic E-state index is 0.0318. The quantitative estimate of drug-likeness (QED) is 0.523. The average molecular weight is 223 g/mol. The standard InChI is InChI=1S/C13H21NO2/c1-3-5-6-7-13(15)11-9-16-10-12(11)14-8-4-2/h1,11-12,14H,4-10H2,2H3. The second-order valence-electron chi connectivity index (χ2n) is 4.23. The Kier molecular flexibility index (Phi) is 6.14. The van der Waals surface area contributed by atoms with E-state index in [0.717, 1.165) is 19.4 Å². The van der Waals surface area contributed by atoms with Crippen molar-refractivity contribution < 1.29 is 9.53 Å². The molecule has 0 spiro atoms. The van der Waals surface area contributed by atoms with Gasteiger partial charge >= 0.3 is 0 Å². The first-order chi connectivity index (χ1) is 7.79. The molecule has 3 nitrogen and oxygen atoms in total. The molecule has 0 saturated carbocycles. The van der Waals surface area contributed by atoms with E-state index in [4.69, 9.17) is 11.2 Å². The topological polar surface area (TPSA) is 38.3 Å². The van der Waals surface area contributed by atoms with Crippen LogP contribution in [0.1, 0.15) is 32.6 Å². The number of unbranched alkanes of at least 4 members (excludes halogenated alkanes) is 1. The third-order valence-electron chi connectivity index (χ3n) is 2.89. The highest BCUT2D eigenvalue weighted by Gasteiger charge is 2.32. The van der Waals surface area contributed by atoms with E-state index in [0.29, 0.717) is 31.8 Å². The third-order valence-corrected chi connectivity index (χ3v) is 2.89. The maximum atomic E-state index is 11.9. The molecule has 16 heavy (non-hydrogen) atoms. The smallest absolute Gasteiger partial charge is 0.139 e. The van der Waals surface area contributed by atoms with Crippen molar-refractivity contribution in [3.8, 4) is 12.3 Å². The number of hydrogen-bond donors (Lipinski definition) is 1. The van der Waals surface area contributed by atoms with Gasteiger partial charge in [0.05, 0.1) is 19.1 Å². The first-order valence-electron chi connectivity index (χ1n) is 6.07. The Morgan fingerprint density at radius 1 is 1.56 bits per heavy atom. The van der Waals surface area contributed by atoms with Gasteiger partial charge in [0.1, 0.15) is 5.78 Å². The van der Waals surface area contributed by atoms with Gasteiger partial charge in [-0.3, -0.25) is 4.79 Å². The predicted octanol–water partition coefficient (Wildman–Crippen LogP) is 1.37. The van der Waals surface area contributed by atoms with Crippen molar-refractivity contribution in [3.05, 3.63) is 0 Å². The molecule has 0 bridgehead atoms. The summed E-state index contributed by atoms with van der Waals surface area (Å²) in [5.74, 6) is 2.88. The number of carbonyl (C=O) groups is 1. The van der Waals surface area contributed by atoms with Crippen LogP contribution in [-0.2, 0) is 9.53 Å². The van der Waals surface area contributed by atoms with Crippen LogP contribution in [0.25, 0.3) is 0 Å². The van der Waals surface area contributed by atoms with Crippen molar-refractivity contribution in [2.24, 2.45) is 5.92 Å². The van der Waals surface area contributed by atoms with E-state index < -0.39 is 0 Å². The number of terminal acetylenes is 1. The van der Waals surface area contributed by atoms with Crippen LogP contribution >= 0.6 is 0 Å². The molecular weight excluding hydrogens is 202 g/mol. The Morgan fingerprint density at radius 2 is 2.38 bits per heavy atom. The Labute approximate surface area is 97.9 Å². The van der Waals surface area contributed by atoms with Crippen LogP contribution in [0.5, 0.6) is 0 Å². The summed E-state index contributed by atoms with van der Waals surface area (Å²) in [5, 5.41) is 3.37. The monoisotopic (exact) mass is 223 g/mol. The van der Waals surface area contributed by atoms with E-state index in [1.54, 1.807) is 0 Å². The van der Waals surface area contributed by atoms with Gasteiger partial charge < -0.3 is 10.1 Å². The van der Waals surface area contributed by atoms with Gasteiger partial charge in [-0.05, 0) is 19.4 Å². The lowest BCUT2D eigenvalue weighted by Crippen LogP contribution is -2.39. The highest BCUT2D eigenvalue weighted by atomic mass is 16.5. The summed E-state index contributed by atoms with van der Waals surface area (Å²) >= 11 is 0. The Bertz CT molecular complexity index is 257. The van der Waals surface area contributed by atoms with E-state index >= 15 is 0 Å². The van der Waals surface area contributed by atoms with Gasteiger partial charge in [-0.2, -0.15) is 0 Å². The third kappa shape index (κ3) is 3.96. The number of nitrogens with one attached hydrogen (secondary N) is 1. The molecule has 2 atom stereocenters. The molecule has 1 saturated heterocycles. The fraction of sp³-hybridized carbons (Fsp3) is 0.769. The molecule has 0 aliphatic carbocycles. The maximum Gasteiger partial charge on any atom is 0.139 e. The number of ether oxygens (including phenoxy) is 1. The molecule has 0 radical (unpaired) electrons. The van der Waals surface area contributed by atoms with E-state index in [9.17, 15) is 4.79 Å². The van der Waals surface area contributed by atoms with Crippen molar-refractivity contribution in [3.63, 3.8) is 0 Å². The predicted molar refractivity (Wildman–Crippen MR) is 64.1 cm³/mol. The summed E-state index contributed by atoms with van der Waals surface area (Å²) in [6, 6.07) is 0.207. The molecule has 0 aromatic rings. The van der Waals surface area contributed by atoms with Crippen molar-refractivity contribution in [2.45, 2.75) is 38.6 Å². The van der Waals surface area contributed by atoms with Crippen molar-refractivity contribution in [1.82, 2.24) is 5.32 Å². The van der Waals surface area contributed by atoms with Gasteiger partial charge in [0.15, 0.2) is 0 Å². The molecule has 90 valence electrons. The summed E-state index contributed by atoms with van der Waals surface area (Å²) in [6.07, 6.45) is 8.31. The van der Waals surface area contributed by atoms with E-state index in [2.05, 4.69) is 18.2 Å². The molecule has 1 fully saturated rings. The lowest BCUT2D eigenvalue weighted by Gasteiger charge is -2.17. The van der Waals surface area contributed by atoms with Gasteiger partial charge in [-0.1, -0.05) is 6.92 Å². The van der Waals surface area contributed by atoms with Crippen LogP contribution in [0.3, 0.4) is 0 Å². The largest absolute Gasteiger partial charge is 0.379 e. The van der Waals surface area contributed by atoms with Gasteiger partial charge in [0.25, 0.3) is 0 Å². The van der Waals surface area contributed by atoms with Crippen LogP contribution in [0, 0.1) is 18.3 Å². The zero-order valence-electron chi connectivity index (χ0n) is 10.00. The minimum Gasteiger partial charge on any atom is -0.379 e. The molecule has 2 unspecified atom stereocenters. The molecule has 0 aromatic heterocycles. The Balaban J connectivity index is 2.32. The minimum absolute atomic E-state index is 0.0318. The second-order valence-corrected chi connectivity index (χ2v) is 4.23. The first-order valence-corrected chi connectivity index (χ1v) is 6.07. The zero-order chi connectivity index (χ0) is 11.8. The van der Waals surface area contributed by atoms with Gasteiger partial charge in [-0.15, -0.1) is 12.3 Å². The lowest BCUT2D eigenvalue weighted by atomic mass is 9.95. The molecule has 3 heteroatoms.